The molecule has 2 rings (SSSR count). The number of nitrogens with one attached hydrogen (secondary N) is 1. The van der Waals surface area contributed by atoms with Crippen molar-refractivity contribution in [2.45, 2.75) is 18.6 Å². The van der Waals surface area contributed by atoms with Crippen LogP contribution in [0.5, 0.6) is 0 Å². The lowest BCUT2D eigenvalue weighted by Gasteiger charge is -2.07. The third kappa shape index (κ3) is 2.64. The smallest absolute Gasteiger partial charge is 0.161 e. The average molecular weight is 256 g/mol. The highest BCUT2D eigenvalue weighted by Crippen LogP contribution is 2.25. The Morgan fingerprint density at radius 3 is 2.78 bits per heavy atom. The van der Waals surface area contributed by atoms with Crippen LogP contribution < -0.4 is 5.32 Å². The maximum Gasteiger partial charge on any atom is 0.161 e. The Morgan fingerprint density at radius 1 is 1.39 bits per heavy atom. The molecule has 0 bridgehead atoms. The minimum absolute atomic E-state index is 0.387. The van der Waals surface area contributed by atoms with Gasteiger partial charge in [0.15, 0.2) is 5.17 Å². The summed E-state index contributed by atoms with van der Waals surface area (Å²) >= 11 is 1.72. The van der Waals surface area contributed by atoms with Gasteiger partial charge in [0.05, 0.1) is 17.7 Å². The van der Waals surface area contributed by atoms with Gasteiger partial charge >= 0.3 is 0 Å². The molecule has 1 aromatic carbocycles. The predicted molar refractivity (Wildman–Crippen MR) is 73.5 cm³/mol. The summed E-state index contributed by atoms with van der Waals surface area (Å²) in [6, 6.07) is 9.15. The van der Waals surface area contributed by atoms with Crippen molar-refractivity contribution in [2.75, 3.05) is 11.9 Å². The third-order valence-corrected chi connectivity index (χ3v) is 3.95. The number of aliphatic imine (C=N–C) groups is 1. The second kappa shape index (κ2) is 5.57. The van der Waals surface area contributed by atoms with Crippen molar-refractivity contribution >= 4 is 22.6 Å². The van der Waals surface area contributed by atoms with Crippen molar-refractivity contribution in [2.24, 2.45) is 4.99 Å². The van der Waals surface area contributed by atoms with Crippen molar-refractivity contribution in [1.82, 2.24) is 0 Å². The second-order valence-corrected chi connectivity index (χ2v) is 5.19. The summed E-state index contributed by atoms with van der Waals surface area (Å²) in [7, 11) is 0. The van der Waals surface area contributed by atoms with E-state index in [0.29, 0.717) is 16.4 Å². The van der Waals surface area contributed by atoms with E-state index >= 15 is 0 Å². The minimum Gasteiger partial charge on any atom is -0.335 e. The lowest BCUT2D eigenvalue weighted by Crippen LogP contribution is -2.07. The Labute approximate surface area is 110 Å². The van der Waals surface area contributed by atoms with Crippen LogP contribution in [0.3, 0.4) is 0 Å². The number of nitriles is 2. The summed E-state index contributed by atoms with van der Waals surface area (Å²) in [5.41, 5.74) is 1.59. The van der Waals surface area contributed by atoms with Gasteiger partial charge in [0.1, 0.15) is 12.1 Å². The first kappa shape index (κ1) is 12.5. The first-order chi connectivity index (χ1) is 8.76. The van der Waals surface area contributed by atoms with E-state index in [1.807, 2.05) is 12.1 Å². The molecule has 1 aliphatic rings. The molecule has 0 radical (unpaired) electrons. The first-order valence-electron chi connectivity index (χ1n) is 5.69. The predicted octanol–water partition coefficient (Wildman–Crippen LogP) is 2.72. The molecule has 0 spiro atoms. The van der Waals surface area contributed by atoms with Gasteiger partial charge in [-0.3, -0.25) is 4.99 Å². The topological polar surface area (TPSA) is 72.0 Å². The van der Waals surface area contributed by atoms with E-state index < -0.39 is 0 Å². The van der Waals surface area contributed by atoms with Gasteiger partial charge in [-0.05, 0) is 24.6 Å². The molecule has 1 aliphatic heterocycles. The summed E-state index contributed by atoms with van der Waals surface area (Å²) in [6.45, 7) is 2.98. The largest absolute Gasteiger partial charge is 0.335 e. The number of nitrogens with zero attached hydrogens (tertiary/aromatic N) is 3. The summed E-state index contributed by atoms with van der Waals surface area (Å²) in [4.78, 5) is 4.40. The molecule has 18 heavy (non-hydrogen) atoms. The third-order valence-electron chi connectivity index (χ3n) is 2.68. The summed E-state index contributed by atoms with van der Waals surface area (Å²) in [5.74, 6) is 0. The van der Waals surface area contributed by atoms with Gasteiger partial charge in [-0.15, -0.1) is 0 Å². The van der Waals surface area contributed by atoms with Crippen LogP contribution in [0.4, 0.5) is 5.69 Å². The number of amidine groups is 1. The Bertz CT molecular complexity index is 565. The molecule has 0 aliphatic carbocycles. The van der Waals surface area contributed by atoms with Crippen LogP contribution in [0.15, 0.2) is 23.2 Å². The lowest BCUT2D eigenvalue weighted by molar-refractivity contribution is 0.843. The Kier molecular flexibility index (Phi) is 3.86. The van der Waals surface area contributed by atoms with E-state index in [4.69, 9.17) is 10.5 Å². The number of hydrogen-bond acceptors (Lipinski definition) is 5. The van der Waals surface area contributed by atoms with E-state index in [1.54, 1.807) is 30.0 Å². The fraction of sp³-hybridized carbons (Fsp3) is 0.308. The fourth-order valence-electron chi connectivity index (χ4n) is 1.63. The van der Waals surface area contributed by atoms with Gasteiger partial charge in [-0.1, -0.05) is 18.7 Å². The quantitative estimate of drug-likeness (QED) is 0.883. The normalized spacial score (nSPS) is 17.7. The van der Waals surface area contributed by atoms with Crippen molar-refractivity contribution < 1.29 is 0 Å². The Morgan fingerprint density at radius 2 is 2.17 bits per heavy atom. The molecule has 0 amide bonds. The molecule has 5 heteroatoms. The Balaban J connectivity index is 2.12. The maximum atomic E-state index is 8.95. The summed E-state index contributed by atoms with van der Waals surface area (Å²) in [5, 5.41) is 22.4. The number of benzene rings is 1. The van der Waals surface area contributed by atoms with E-state index in [1.165, 1.54) is 0 Å². The van der Waals surface area contributed by atoms with Gasteiger partial charge in [-0.25, -0.2) is 0 Å². The second-order valence-electron chi connectivity index (χ2n) is 3.90. The first-order valence-corrected chi connectivity index (χ1v) is 6.57. The van der Waals surface area contributed by atoms with Crippen LogP contribution in [0.1, 0.15) is 24.5 Å². The van der Waals surface area contributed by atoms with Crippen LogP contribution in [-0.2, 0) is 0 Å². The van der Waals surface area contributed by atoms with E-state index in [2.05, 4.69) is 17.2 Å². The molecule has 90 valence electrons. The molecule has 0 aromatic heterocycles. The zero-order valence-corrected chi connectivity index (χ0v) is 10.8. The highest BCUT2D eigenvalue weighted by atomic mass is 32.2. The number of anilines is 1. The lowest BCUT2D eigenvalue weighted by atomic mass is 10.1. The monoisotopic (exact) mass is 256 g/mol. The SMILES string of the molecule is CCC1CN=C(Nc2ccc(C#N)c(C#N)c2)S1. The van der Waals surface area contributed by atoms with Crippen LogP contribution >= 0.6 is 11.8 Å². The van der Waals surface area contributed by atoms with Crippen molar-refractivity contribution in [3.63, 3.8) is 0 Å². The molecular weight excluding hydrogens is 244 g/mol. The summed E-state index contributed by atoms with van der Waals surface area (Å²) < 4.78 is 0. The van der Waals surface area contributed by atoms with Gasteiger partial charge in [0.2, 0.25) is 0 Å². The molecular formula is C13H12N4S. The van der Waals surface area contributed by atoms with E-state index in [0.717, 1.165) is 23.8 Å². The zero-order valence-electron chi connectivity index (χ0n) is 9.97. The zero-order chi connectivity index (χ0) is 13.0. The van der Waals surface area contributed by atoms with Gasteiger partial charge < -0.3 is 5.32 Å². The van der Waals surface area contributed by atoms with Gasteiger partial charge in [0, 0.05) is 10.9 Å². The van der Waals surface area contributed by atoms with Crippen molar-refractivity contribution in [3.05, 3.63) is 29.3 Å². The molecule has 1 heterocycles. The number of hydrogen-bond donors (Lipinski definition) is 1. The van der Waals surface area contributed by atoms with Crippen LogP contribution in [0, 0.1) is 22.7 Å². The molecule has 1 N–H and O–H groups in total. The molecule has 0 saturated heterocycles. The molecule has 1 aromatic rings. The van der Waals surface area contributed by atoms with Crippen LogP contribution in [0.25, 0.3) is 0 Å². The highest BCUT2D eigenvalue weighted by Gasteiger charge is 2.17. The molecule has 0 fully saturated rings. The van der Waals surface area contributed by atoms with Crippen LogP contribution in [0.2, 0.25) is 0 Å². The Hall–Kier alpha value is -1.98. The number of rotatable bonds is 2. The fourth-order valence-corrected chi connectivity index (χ4v) is 2.59. The molecule has 1 unspecified atom stereocenters. The molecule has 0 saturated carbocycles. The molecule has 1 atom stereocenters. The van der Waals surface area contributed by atoms with Crippen molar-refractivity contribution in [1.29, 1.82) is 10.5 Å². The highest BCUT2D eigenvalue weighted by molar-refractivity contribution is 8.15. The van der Waals surface area contributed by atoms with Crippen LogP contribution in [-0.4, -0.2) is 17.0 Å². The molecule has 4 nitrogen and oxygen atoms in total. The average Bonchev–Trinajstić information content (AvgIpc) is 2.86. The summed E-state index contributed by atoms with van der Waals surface area (Å²) in [6.07, 6.45) is 1.09. The van der Waals surface area contributed by atoms with E-state index in [9.17, 15) is 0 Å². The minimum atomic E-state index is 0.387. The maximum absolute atomic E-state index is 8.95. The number of thioether (sulfide) groups is 1. The van der Waals surface area contributed by atoms with E-state index in [-0.39, 0.29) is 0 Å². The van der Waals surface area contributed by atoms with Crippen molar-refractivity contribution in [3.8, 4) is 12.1 Å². The van der Waals surface area contributed by atoms with Gasteiger partial charge in [-0.2, -0.15) is 10.5 Å². The van der Waals surface area contributed by atoms with Gasteiger partial charge in [0.25, 0.3) is 0 Å². The standard InChI is InChI=1S/C13H12N4S/c1-2-12-8-16-13(18-12)17-11-4-3-9(6-14)10(5-11)7-15/h3-5,12H,2,8H2,1H3,(H,16,17).